The van der Waals surface area contributed by atoms with Gasteiger partial charge in [0, 0.05) is 54.1 Å². The first-order chi connectivity index (χ1) is 27.3. The largest absolute Gasteiger partial charge is 0.444 e. The fourth-order valence-corrected chi connectivity index (χ4v) is 7.58. The van der Waals surface area contributed by atoms with E-state index in [-0.39, 0.29) is 42.9 Å². The minimum Gasteiger partial charge on any atom is -0.444 e. The fraction of sp³-hybridized carbons (Fsp3) is 0.636. The molecule has 13 nitrogen and oxygen atoms in total. The Balaban J connectivity index is 1.67. The van der Waals surface area contributed by atoms with Gasteiger partial charge in [0.15, 0.2) is 0 Å². The summed E-state index contributed by atoms with van der Waals surface area (Å²) in [5.74, 6) is -2.40. The highest BCUT2D eigenvalue weighted by Crippen LogP contribution is 2.34. The highest BCUT2D eigenvalue weighted by atomic mass is 19.1. The number of hydrogen-bond acceptors (Lipinski definition) is 7. The number of halogens is 1. The molecule has 58 heavy (non-hydrogen) atoms. The van der Waals surface area contributed by atoms with Crippen molar-refractivity contribution in [2.24, 2.45) is 11.8 Å². The van der Waals surface area contributed by atoms with Crippen LogP contribution in [0.4, 0.5) is 9.18 Å². The van der Waals surface area contributed by atoms with E-state index in [4.69, 9.17) is 4.74 Å². The molecule has 1 aliphatic carbocycles. The molecule has 3 aliphatic rings. The number of allylic oxidation sites excluding steroid dienone is 1. The number of alkyl carbamates (subject to hydrolysis) is 1. The number of carbonyl (C=O) groups excluding carboxylic acids is 6. The molecule has 1 aromatic rings. The maximum absolute atomic E-state index is 15.0. The summed E-state index contributed by atoms with van der Waals surface area (Å²) in [6.07, 6.45) is 9.66. The summed E-state index contributed by atoms with van der Waals surface area (Å²) in [6, 6.07) is 0.494. The van der Waals surface area contributed by atoms with E-state index in [9.17, 15) is 33.2 Å². The first-order valence-electron chi connectivity index (χ1n) is 20.7. The second-order valence-electron chi connectivity index (χ2n) is 17.5. The molecule has 1 aromatic carbocycles. The Labute approximate surface area is 343 Å². The van der Waals surface area contributed by atoms with Crippen molar-refractivity contribution < 1.29 is 37.9 Å². The Morgan fingerprint density at radius 3 is 2.34 bits per heavy atom. The fourth-order valence-electron chi connectivity index (χ4n) is 7.58. The molecule has 0 radical (unpaired) electrons. The van der Waals surface area contributed by atoms with Gasteiger partial charge in [-0.15, -0.1) is 0 Å². The maximum Gasteiger partial charge on any atom is 0.408 e. The lowest BCUT2D eigenvalue weighted by molar-refractivity contribution is -0.147. The predicted molar refractivity (Wildman–Crippen MR) is 221 cm³/mol. The van der Waals surface area contributed by atoms with E-state index < -0.39 is 59.4 Å². The molecule has 6 amide bonds. The van der Waals surface area contributed by atoms with Crippen molar-refractivity contribution in [2.75, 3.05) is 40.8 Å². The number of ether oxygens (including phenoxy) is 1. The van der Waals surface area contributed by atoms with Crippen molar-refractivity contribution in [3.63, 3.8) is 0 Å². The van der Waals surface area contributed by atoms with E-state index in [0.717, 1.165) is 30.4 Å². The highest BCUT2D eigenvalue weighted by molar-refractivity contribution is 5.95. The molecule has 4 atom stereocenters. The van der Waals surface area contributed by atoms with Crippen LogP contribution in [0.15, 0.2) is 36.4 Å². The number of carbonyl (C=O) groups is 6. The topological polar surface area (TPSA) is 149 Å². The Kier molecular flexibility index (Phi) is 16.1. The van der Waals surface area contributed by atoms with Crippen LogP contribution in [0.1, 0.15) is 104 Å². The van der Waals surface area contributed by atoms with E-state index >= 15 is 0 Å². The van der Waals surface area contributed by atoms with Crippen LogP contribution in [0.25, 0.3) is 5.57 Å². The summed E-state index contributed by atoms with van der Waals surface area (Å²) in [6.45, 7) is 12.0. The molecule has 2 heterocycles. The SMILES string of the molecule is CC(=O)N1CC=C(c2ccc(F)cc2C[C@H]2C(=O)N(C)CCCCC=CC[C@H](N(C)C(=O)[C@@H](NC(=O)OC(C)(C)C)C3CC3)C(=O)N[C@@H](CC(C)C)C(=O)N2C)CC1. The average Bonchev–Trinajstić information content (AvgIpc) is 4.00. The Morgan fingerprint density at radius 1 is 1.03 bits per heavy atom. The summed E-state index contributed by atoms with van der Waals surface area (Å²) in [7, 11) is 4.79. The summed E-state index contributed by atoms with van der Waals surface area (Å²) >= 11 is 0. The summed E-state index contributed by atoms with van der Waals surface area (Å²) in [5.41, 5.74) is 1.48. The Morgan fingerprint density at radius 2 is 1.74 bits per heavy atom. The molecule has 0 unspecified atom stereocenters. The van der Waals surface area contributed by atoms with Gasteiger partial charge in [0.2, 0.25) is 29.5 Å². The van der Waals surface area contributed by atoms with Gasteiger partial charge < -0.3 is 35.0 Å². The number of likely N-dealkylation sites (N-methyl/N-ethyl adjacent to an activating group) is 3. The zero-order valence-electron chi connectivity index (χ0n) is 35.9. The number of benzene rings is 1. The lowest BCUT2D eigenvalue weighted by atomic mass is 9.90. The van der Waals surface area contributed by atoms with Crippen molar-refractivity contribution in [1.82, 2.24) is 30.2 Å². The lowest BCUT2D eigenvalue weighted by Gasteiger charge is -2.36. The van der Waals surface area contributed by atoms with Gasteiger partial charge >= 0.3 is 6.09 Å². The van der Waals surface area contributed by atoms with Gasteiger partial charge in [-0.2, -0.15) is 0 Å². The number of nitrogens with zero attached hydrogens (tertiary/aromatic N) is 4. The molecule has 320 valence electrons. The molecule has 14 heteroatoms. The van der Waals surface area contributed by atoms with Gasteiger partial charge in [0.25, 0.3) is 0 Å². The third-order valence-corrected chi connectivity index (χ3v) is 11.1. The molecular formula is C44H65FN6O7. The van der Waals surface area contributed by atoms with Crippen molar-refractivity contribution in [1.29, 1.82) is 0 Å². The zero-order valence-corrected chi connectivity index (χ0v) is 35.9. The van der Waals surface area contributed by atoms with Crippen molar-refractivity contribution in [3.8, 4) is 0 Å². The van der Waals surface area contributed by atoms with Crippen LogP contribution in [-0.4, -0.2) is 126 Å². The minimum atomic E-state index is -1.05. The molecule has 0 spiro atoms. The molecule has 1 saturated carbocycles. The molecule has 0 bridgehead atoms. The maximum atomic E-state index is 15.0. The van der Waals surface area contributed by atoms with E-state index in [1.54, 1.807) is 50.7 Å². The van der Waals surface area contributed by atoms with Crippen LogP contribution in [0.5, 0.6) is 0 Å². The number of nitrogens with one attached hydrogen (secondary N) is 2. The summed E-state index contributed by atoms with van der Waals surface area (Å²) in [4.78, 5) is 88.3. The van der Waals surface area contributed by atoms with Gasteiger partial charge in [0.1, 0.15) is 35.6 Å². The average molecular weight is 809 g/mol. The van der Waals surface area contributed by atoms with Crippen molar-refractivity contribution in [2.45, 2.75) is 129 Å². The number of rotatable bonds is 9. The molecule has 0 aromatic heterocycles. The van der Waals surface area contributed by atoms with Crippen molar-refractivity contribution >= 4 is 41.2 Å². The third-order valence-electron chi connectivity index (χ3n) is 11.1. The second kappa shape index (κ2) is 20.3. The second-order valence-corrected chi connectivity index (χ2v) is 17.5. The van der Waals surface area contributed by atoms with Crippen LogP contribution in [0.3, 0.4) is 0 Å². The van der Waals surface area contributed by atoms with Crippen LogP contribution >= 0.6 is 0 Å². The van der Waals surface area contributed by atoms with Gasteiger partial charge in [-0.1, -0.05) is 38.1 Å². The lowest BCUT2D eigenvalue weighted by Crippen LogP contribution is -2.59. The Bertz CT molecular complexity index is 1730. The molecule has 4 rings (SSSR count). The first-order valence-corrected chi connectivity index (χ1v) is 20.7. The van der Waals surface area contributed by atoms with Crippen LogP contribution in [-0.2, 0) is 35.1 Å². The van der Waals surface area contributed by atoms with E-state index in [1.807, 2.05) is 32.1 Å². The van der Waals surface area contributed by atoms with E-state index in [2.05, 4.69) is 10.6 Å². The van der Waals surface area contributed by atoms with Gasteiger partial charge in [0.05, 0.1) is 0 Å². The van der Waals surface area contributed by atoms with Crippen LogP contribution in [0.2, 0.25) is 0 Å². The van der Waals surface area contributed by atoms with Crippen LogP contribution < -0.4 is 10.6 Å². The summed E-state index contributed by atoms with van der Waals surface area (Å²) in [5, 5.41) is 5.69. The van der Waals surface area contributed by atoms with Crippen molar-refractivity contribution in [3.05, 3.63) is 53.4 Å². The van der Waals surface area contributed by atoms with Crippen LogP contribution in [0, 0.1) is 17.7 Å². The Hall–Kier alpha value is -4.75. The normalized spacial score (nSPS) is 22.3. The number of hydrogen-bond donors (Lipinski definition) is 2. The highest BCUT2D eigenvalue weighted by Gasteiger charge is 2.42. The predicted octanol–water partition coefficient (Wildman–Crippen LogP) is 5.08. The zero-order chi connectivity index (χ0) is 42.9. The molecule has 2 N–H and O–H groups in total. The molecule has 1 fully saturated rings. The van der Waals surface area contributed by atoms with E-state index in [0.29, 0.717) is 44.5 Å². The van der Waals surface area contributed by atoms with Gasteiger partial charge in [-0.05, 0) is 113 Å². The van der Waals surface area contributed by atoms with E-state index in [1.165, 1.54) is 35.9 Å². The standard InChI is InChI=1S/C44H65FN6O7/c1-28(2)25-35-40(54)50(9)37(27-32-26-33(45)18-19-34(32)30-20-23-51(24-21-30)29(3)52)41(55)48(7)22-14-12-10-11-13-15-36(39(53)46-35)49(8)42(56)38(31-16-17-31)47-43(57)58-44(4,5)6/h11,13,18-20,26,28,31,35-38H,10,12,14-17,21-25,27H2,1-9H3,(H,46,53)(H,47,57)/t35-,36-,37-,38-/m0/s1. The third kappa shape index (κ3) is 12.9. The van der Waals surface area contributed by atoms with Gasteiger partial charge in [-0.25, -0.2) is 9.18 Å². The minimum absolute atomic E-state index is 0.0183. The van der Waals surface area contributed by atoms with Gasteiger partial charge in [-0.3, -0.25) is 24.0 Å². The molecular weight excluding hydrogens is 744 g/mol. The number of amides is 6. The summed E-state index contributed by atoms with van der Waals surface area (Å²) < 4.78 is 20.4. The quantitative estimate of drug-likeness (QED) is 0.331. The molecule has 0 saturated heterocycles. The molecule has 2 aliphatic heterocycles. The monoisotopic (exact) mass is 808 g/mol. The smallest absolute Gasteiger partial charge is 0.408 e. The first kappa shape index (κ1) is 45.9.